The highest BCUT2D eigenvalue weighted by atomic mass is 35.5. The maximum absolute atomic E-state index is 13.1. The van der Waals surface area contributed by atoms with Gasteiger partial charge in [0.2, 0.25) is 0 Å². The average Bonchev–Trinajstić information content (AvgIpc) is 2.27. The number of rotatable bonds is 2. The summed E-state index contributed by atoms with van der Waals surface area (Å²) in [5.74, 6) is -0.0142. The molecule has 3 nitrogen and oxygen atoms in total. The first-order chi connectivity index (χ1) is 7.65. The van der Waals surface area contributed by atoms with Crippen molar-refractivity contribution in [2.24, 2.45) is 0 Å². The summed E-state index contributed by atoms with van der Waals surface area (Å²) in [5.41, 5.74) is 0.540. The van der Waals surface area contributed by atoms with Crippen molar-refractivity contribution >= 4 is 34.7 Å². The molecule has 2 rings (SSSR count). The zero-order chi connectivity index (χ0) is 11.5. The summed E-state index contributed by atoms with van der Waals surface area (Å²) in [4.78, 5) is 0. The lowest BCUT2D eigenvalue weighted by atomic mass is 10.3. The second-order valence-corrected chi connectivity index (χ2v) is 3.79. The van der Waals surface area contributed by atoms with E-state index in [9.17, 15) is 4.39 Å². The highest BCUT2D eigenvalue weighted by Crippen LogP contribution is 2.21. The molecule has 6 heteroatoms. The third-order valence-corrected chi connectivity index (χ3v) is 2.33. The normalized spacial score (nSPS) is 10.2. The topological polar surface area (TPSA) is 37.8 Å². The lowest BCUT2D eigenvalue weighted by Gasteiger charge is -2.05. The van der Waals surface area contributed by atoms with Gasteiger partial charge in [-0.05, 0) is 30.3 Å². The van der Waals surface area contributed by atoms with Crippen molar-refractivity contribution in [3.63, 3.8) is 0 Å². The first kappa shape index (κ1) is 11.1. The Labute approximate surface area is 101 Å². The molecule has 2 aromatic rings. The van der Waals surface area contributed by atoms with Gasteiger partial charge in [-0.25, -0.2) is 4.39 Å². The lowest BCUT2D eigenvalue weighted by molar-refractivity contribution is 0.629. The fraction of sp³-hybridized carbons (Fsp3) is 0. The van der Waals surface area contributed by atoms with Crippen LogP contribution in [-0.2, 0) is 0 Å². The molecular weight excluding hydrogens is 252 g/mol. The van der Waals surface area contributed by atoms with E-state index in [1.807, 2.05) is 0 Å². The van der Waals surface area contributed by atoms with E-state index < -0.39 is 5.82 Å². The second kappa shape index (κ2) is 4.63. The zero-order valence-corrected chi connectivity index (χ0v) is 9.43. The van der Waals surface area contributed by atoms with E-state index >= 15 is 0 Å². The Morgan fingerprint density at radius 2 is 1.88 bits per heavy atom. The van der Waals surface area contributed by atoms with Crippen LogP contribution in [0.3, 0.4) is 0 Å². The number of halogens is 3. The Balaban J connectivity index is 2.20. The number of hydrogen-bond donors (Lipinski definition) is 1. The van der Waals surface area contributed by atoms with Crippen LogP contribution in [0.5, 0.6) is 0 Å². The molecular formula is C10H6Cl2FN3. The van der Waals surface area contributed by atoms with Gasteiger partial charge in [-0.2, -0.15) is 0 Å². The van der Waals surface area contributed by atoms with Gasteiger partial charge in [0, 0.05) is 5.69 Å². The van der Waals surface area contributed by atoms with E-state index in [1.54, 1.807) is 18.2 Å². The fourth-order valence-corrected chi connectivity index (χ4v) is 1.32. The van der Waals surface area contributed by atoms with E-state index in [2.05, 4.69) is 15.5 Å². The third kappa shape index (κ3) is 2.59. The van der Waals surface area contributed by atoms with Gasteiger partial charge in [0.15, 0.2) is 11.0 Å². The summed E-state index contributed by atoms with van der Waals surface area (Å²) in [7, 11) is 0. The van der Waals surface area contributed by atoms with Gasteiger partial charge in [0.05, 0.1) is 5.02 Å². The van der Waals surface area contributed by atoms with Gasteiger partial charge in [0.1, 0.15) is 5.82 Å². The molecule has 0 aliphatic heterocycles. The molecule has 1 heterocycles. The molecule has 0 fully saturated rings. The summed E-state index contributed by atoms with van der Waals surface area (Å²) >= 11 is 11.1. The Morgan fingerprint density at radius 1 is 1.06 bits per heavy atom. The Kier molecular flexibility index (Phi) is 3.22. The molecule has 82 valence electrons. The van der Waals surface area contributed by atoms with Gasteiger partial charge < -0.3 is 5.32 Å². The number of hydrogen-bond acceptors (Lipinski definition) is 3. The molecule has 0 atom stereocenters. The fourth-order valence-electron chi connectivity index (χ4n) is 1.10. The Morgan fingerprint density at radius 3 is 2.50 bits per heavy atom. The molecule has 1 aromatic carbocycles. The molecule has 0 amide bonds. The summed E-state index contributed by atoms with van der Waals surface area (Å²) < 4.78 is 13.1. The highest BCUT2D eigenvalue weighted by Gasteiger charge is 2.02. The van der Waals surface area contributed by atoms with Crippen LogP contribution < -0.4 is 5.32 Å². The second-order valence-electron chi connectivity index (χ2n) is 3.00. The highest BCUT2D eigenvalue weighted by molar-refractivity contribution is 6.30. The molecule has 1 aromatic heterocycles. The first-order valence-corrected chi connectivity index (χ1v) is 5.12. The third-order valence-electron chi connectivity index (χ3n) is 1.82. The van der Waals surface area contributed by atoms with Gasteiger partial charge >= 0.3 is 0 Å². The van der Waals surface area contributed by atoms with Crippen LogP contribution >= 0.6 is 23.2 Å². The number of aromatic nitrogens is 2. The molecule has 0 aliphatic rings. The maximum Gasteiger partial charge on any atom is 0.153 e. The van der Waals surface area contributed by atoms with Crippen molar-refractivity contribution in [2.45, 2.75) is 0 Å². The lowest BCUT2D eigenvalue weighted by Crippen LogP contribution is -1.95. The molecule has 0 bridgehead atoms. The largest absolute Gasteiger partial charge is 0.339 e. The molecule has 0 radical (unpaired) electrons. The minimum atomic E-state index is -0.492. The molecule has 0 unspecified atom stereocenters. The Bertz CT molecular complexity index is 502. The van der Waals surface area contributed by atoms with Crippen LogP contribution in [0.4, 0.5) is 15.9 Å². The van der Waals surface area contributed by atoms with E-state index in [0.29, 0.717) is 16.7 Å². The zero-order valence-electron chi connectivity index (χ0n) is 7.92. The van der Waals surface area contributed by atoms with Crippen molar-refractivity contribution < 1.29 is 4.39 Å². The van der Waals surface area contributed by atoms with E-state index in [1.165, 1.54) is 12.1 Å². The molecule has 0 saturated heterocycles. The molecule has 1 N–H and O–H groups in total. The van der Waals surface area contributed by atoms with E-state index in [0.717, 1.165) is 0 Å². The standard InChI is InChI=1S/C10H6Cl2FN3/c11-7-2-1-6(5-8(7)13)14-10-4-3-9(12)15-16-10/h1-5H,(H,14,16). The quantitative estimate of drug-likeness (QED) is 0.893. The minimum Gasteiger partial charge on any atom is -0.339 e. The maximum atomic E-state index is 13.1. The predicted octanol–water partition coefficient (Wildman–Crippen LogP) is 3.67. The van der Waals surface area contributed by atoms with Crippen molar-refractivity contribution in [1.82, 2.24) is 10.2 Å². The Hall–Kier alpha value is -1.39. The number of anilines is 2. The number of benzene rings is 1. The van der Waals surface area contributed by atoms with Crippen LogP contribution in [0.25, 0.3) is 0 Å². The van der Waals surface area contributed by atoms with Crippen molar-refractivity contribution in [3.8, 4) is 0 Å². The van der Waals surface area contributed by atoms with Crippen LogP contribution in [0.1, 0.15) is 0 Å². The predicted molar refractivity (Wildman–Crippen MR) is 61.7 cm³/mol. The summed E-state index contributed by atoms with van der Waals surface area (Å²) in [6.45, 7) is 0. The van der Waals surface area contributed by atoms with E-state index in [-0.39, 0.29) is 5.02 Å². The van der Waals surface area contributed by atoms with Crippen LogP contribution in [0.2, 0.25) is 10.2 Å². The number of nitrogens with one attached hydrogen (secondary N) is 1. The van der Waals surface area contributed by atoms with Gasteiger partial charge in [-0.3, -0.25) is 0 Å². The monoisotopic (exact) mass is 257 g/mol. The van der Waals surface area contributed by atoms with Crippen LogP contribution in [0.15, 0.2) is 30.3 Å². The van der Waals surface area contributed by atoms with Crippen molar-refractivity contribution in [3.05, 3.63) is 46.3 Å². The smallest absolute Gasteiger partial charge is 0.153 e. The van der Waals surface area contributed by atoms with Gasteiger partial charge in [-0.1, -0.05) is 23.2 Å². The number of nitrogens with zero attached hydrogens (tertiary/aromatic N) is 2. The average molecular weight is 258 g/mol. The molecule has 0 spiro atoms. The molecule has 16 heavy (non-hydrogen) atoms. The first-order valence-electron chi connectivity index (χ1n) is 4.36. The van der Waals surface area contributed by atoms with Gasteiger partial charge in [0.25, 0.3) is 0 Å². The van der Waals surface area contributed by atoms with E-state index in [4.69, 9.17) is 23.2 Å². The van der Waals surface area contributed by atoms with Crippen molar-refractivity contribution in [1.29, 1.82) is 0 Å². The summed E-state index contributed by atoms with van der Waals surface area (Å²) in [6.07, 6.45) is 0. The summed E-state index contributed by atoms with van der Waals surface area (Å²) in [6, 6.07) is 7.61. The van der Waals surface area contributed by atoms with Crippen LogP contribution in [0, 0.1) is 5.82 Å². The minimum absolute atomic E-state index is 0.0766. The van der Waals surface area contributed by atoms with Crippen LogP contribution in [-0.4, -0.2) is 10.2 Å². The molecule has 0 aliphatic carbocycles. The van der Waals surface area contributed by atoms with Crippen molar-refractivity contribution in [2.75, 3.05) is 5.32 Å². The molecule has 0 saturated carbocycles. The van der Waals surface area contributed by atoms with Gasteiger partial charge in [-0.15, -0.1) is 10.2 Å². The SMILES string of the molecule is Fc1cc(Nc2ccc(Cl)nn2)ccc1Cl. The summed E-state index contributed by atoms with van der Waals surface area (Å²) in [5, 5.41) is 10.7.